The minimum absolute atomic E-state index is 0.427. The maximum absolute atomic E-state index is 11.4. The first-order chi connectivity index (χ1) is 7.75. The molecule has 16 heavy (non-hydrogen) atoms. The first kappa shape index (κ1) is 9.18. The molecular formula is C12H10N2O2. The van der Waals surface area contributed by atoms with Crippen molar-refractivity contribution in [2.24, 2.45) is 0 Å². The third kappa shape index (κ3) is 1.24. The molecule has 4 nitrogen and oxygen atoms in total. The lowest BCUT2D eigenvalue weighted by atomic mass is 10.1. The highest BCUT2D eigenvalue weighted by Gasteiger charge is 2.23. The second kappa shape index (κ2) is 3.21. The molecule has 1 aliphatic heterocycles. The van der Waals surface area contributed by atoms with Gasteiger partial charge < -0.3 is 15.7 Å². The fraction of sp³-hybridized carbons (Fsp3) is 0.0833. The van der Waals surface area contributed by atoms with Gasteiger partial charge in [0.15, 0.2) is 0 Å². The fourth-order valence-corrected chi connectivity index (χ4v) is 1.93. The molecule has 80 valence electrons. The summed E-state index contributed by atoms with van der Waals surface area (Å²) in [6.45, 7) is 0. The third-order valence-corrected chi connectivity index (χ3v) is 2.72. The van der Waals surface area contributed by atoms with Crippen molar-refractivity contribution >= 4 is 28.1 Å². The lowest BCUT2D eigenvalue weighted by Gasteiger charge is -2.24. The Hall–Kier alpha value is -2.07. The molecule has 0 radical (unpaired) electrons. The van der Waals surface area contributed by atoms with Crippen molar-refractivity contribution in [2.45, 2.75) is 6.23 Å². The van der Waals surface area contributed by atoms with Crippen LogP contribution in [0.15, 0.2) is 36.4 Å². The molecule has 1 heterocycles. The average Bonchev–Trinajstić information content (AvgIpc) is 2.31. The van der Waals surface area contributed by atoms with Crippen molar-refractivity contribution in [1.82, 2.24) is 0 Å². The van der Waals surface area contributed by atoms with Gasteiger partial charge in [-0.3, -0.25) is 4.79 Å². The molecule has 1 aliphatic rings. The Morgan fingerprint density at radius 3 is 2.81 bits per heavy atom. The Bertz CT molecular complexity index is 580. The highest BCUT2D eigenvalue weighted by Crippen LogP contribution is 2.33. The SMILES string of the molecule is O=C1Nc2c(ccc3ccccc23)N[C@@H]1O. The van der Waals surface area contributed by atoms with Crippen molar-refractivity contribution in [3.8, 4) is 0 Å². The van der Waals surface area contributed by atoms with Gasteiger partial charge in [0.05, 0.1) is 11.4 Å². The van der Waals surface area contributed by atoms with E-state index in [2.05, 4.69) is 10.6 Å². The quantitative estimate of drug-likeness (QED) is 0.623. The topological polar surface area (TPSA) is 61.4 Å². The van der Waals surface area contributed by atoms with Gasteiger partial charge in [0.25, 0.3) is 5.91 Å². The highest BCUT2D eigenvalue weighted by molar-refractivity contribution is 6.11. The first-order valence-electron chi connectivity index (χ1n) is 5.03. The second-order valence-electron chi connectivity index (χ2n) is 3.75. The predicted octanol–water partition coefficient (Wildman–Crippen LogP) is 1.52. The number of hydrogen-bond acceptors (Lipinski definition) is 3. The zero-order chi connectivity index (χ0) is 11.1. The van der Waals surface area contributed by atoms with E-state index in [1.54, 1.807) is 0 Å². The Labute approximate surface area is 91.9 Å². The average molecular weight is 214 g/mol. The van der Waals surface area contributed by atoms with Gasteiger partial charge in [0.1, 0.15) is 0 Å². The highest BCUT2D eigenvalue weighted by atomic mass is 16.3. The molecule has 0 saturated heterocycles. The van der Waals surface area contributed by atoms with Crippen LogP contribution in [-0.4, -0.2) is 17.2 Å². The molecule has 0 fully saturated rings. The number of fused-ring (bicyclic) bond motifs is 3. The van der Waals surface area contributed by atoms with Crippen molar-refractivity contribution in [3.63, 3.8) is 0 Å². The van der Waals surface area contributed by atoms with E-state index >= 15 is 0 Å². The molecule has 1 amide bonds. The molecule has 0 unspecified atom stereocenters. The molecule has 2 aromatic rings. The van der Waals surface area contributed by atoms with Gasteiger partial charge in [-0.05, 0) is 11.5 Å². The van der Waals surface area contributed by atoms with Gasteiger partial charge in [-0.25, -0.2) is 0 Å². The Morgan fingerprint density at radius 1 is 1.12 bits per heavy atom. The number of carbonyl (C=O) groups is 1. The number of nitrogens with one attached hydrogen (secondary N) is 2. The molecule has 2 aromatic carbocycles. The molecular weight excluding hydrogens is 204 g/mol. The Kier molecular flexibility index (Phi) is 1.84. The summed E-state index contributed by atoms with van der Waals surface area (Å²) in [6, 6.07) is 11.6. The third-order valence-electron chi connectivity index (χ3n) is 2.72. The number of anilines is 2. The van der Waals surface area contributed by atoms with Crippen LogP contribution < -0.4 is 10.6 Å². The van der Waals surface area contributed by atoms with Crippen LogP contribution in [0.25, 0.3) is 10.8 Å². The second-order valence-corrected chi connectivity index (χ2v) is 3.75. The number of rotatable bonds is 0. The van der Waals surface area contributed by atoms with E-state index in [1.165, 1.54) is 0 Å². The predicted molar refractivity (Wildman–Crippen MR) is 62.2 cm³/mol. The summed E-state index contributed by atoms with van der Waals surface area (Å²) in [5, 5.41) is 16.8. The number of amides is 1. The van der Waals surface area contributed by atoms with Crippen molar-refractivity contribution in [1.29, 1.82) is 0 Å². The molecule has 0 aromatic heterocycles. The van der Waals surface area contributed by atoms with E-state index in [4.69, 9.17) is 0 Å². The summed E-state index contributed by atoms with van der Waals surface area (Å²) < 4.78 is 0. The minimum Gasteiger partial charge on any atom is -0.366 e. The summed E-state index contributed by atoms with van der Waals surface area (Å²) >= 11 is 0. The maximum atomic E-state index is 11.4. The molecule has 0 bridgehead atoms. The van der Waals surface area contributed by atoms with Crippen LogP contribution >= 0.6 is 0 Å². The lowest BCUT2D eigenvalue weighted by Crippen LogP contribution is -2.38. The summed E-state index contributed by atoms with van der Waals surface area (Å²) in [4.78, 5) is 11.4. The van der Waals surface area contributed by atoms with E-state index < -0.39 is 12.1 Å². The standard InChI is InChI=1S/C12H10N2O2/c15-11-12(16)14-10-8-4-2-1-3-7(8)5-6-9(10)13-11/h1-6,11,13,15H,(H,14,16)/t11-/m1/s1. The smallest absolute Gasteiger partial charge is 0.274 e. The fourth-order valence-electron chi connectivity index (χ4n) is 1.93. The molecule has 0 spiro atoms. The number of benzene rings is 2. The van der Waals surface area contributed by atoms with Gasteiger partial charge in [0, 0.05) is 5.39 Å². The Morgan fingerprint density at radius 2 is 1.94 bits per heavy atom. The zero-order valence-corrected chi connectivity index (χ0v) is 8.40. The van der Waals surface area contributed by atoms with Crippen LogP contribution in [0.1, 0.15) is 0 Å². The van der Waals surface area contributed by atoms with Gasteiger partial charge >= 0.3 is 0 Å². The van der Waals surface area contributed by atoms with Gasteiger partial charge in [-0.15, -0.1) is 0 Å². The summed E-state index contributed by atoms with van der Waals surface area (Å²) in [6.07, 6.45) is -1.17. The van der Waals surface area contributed by atoms with E-state index in [1.807, 2.05) is 36.4 Å². The van der Waals surface area contributed by atoms with Crippen molar-refractivity contribution < 1.29 is 9.90 Å². The van der Waals surface area contributed by atoms with E-state index in [-0.39, 0.29) is 0 Å². The molecule has 0 saturated carbocycles. The Balaban J connectivity index is 2.27. The number of carbonyl (C=O) groups excluding carboxylic acids is 1. The van der Waals surface area contributed by atoms with Crippen LogP contribution in [0.3, 0.4) is 0 Å². The van der Waals surface area contributed by atoms with Crippen LogP contribution in [0.4, 0.5) is 11.4 Å². The molecule has 4 heteroatoms. The number of hydrogen-bond donors (Lipinski definition) is 3. The molecule has 3 rings (SSSR count). The molecule has 3 N–H and O–H groups in total. The van der Waals surface area contributed by atoms with Crippen LogP contribution in [0.2, 0.25) is 0 Å². The number of aliphatic hydroxyl groups excluding tert-OH is 1. The molecule has 1 atom stereocenters. The van der Waals surface area contributed by atoms with E-state index in [0.29, 0.717) is 0 Å². The van der Waals surface area contributed by atoms with Crippen LogP contribution in [-0.2, 0) is 4.79 Å². The summed E-state index contributed by atoms with van der Waals surface area (Å²) in [5.74, 6) is -0.427. The zero-order valence-electron chi connectivity index (χ0n) is 8.40. The largest absolute Gasteiger partial charge is 0.366 e. The molecule has 0 aliphatic carbocycles. The van der Waals surface area contributed by atoms with E-state index in [0.717, 1.165) is 22.1 Å². The first-order valence-corrected chi connectivity index (χ1v) is 5.03. The van der Waals surface area contributed by atoms with Crippen molar-refractivity contribution in [3.05, 3.63) is 36.4 Å². The monoisotopic (exact) mass is 214 g/mol. The maximum Gasteiger partial charge on any atom is 0.274 e. The summed E-state index contributed by atoms with van der Waals surface area (Å²) in [7, 11) is 0. The van der Waals surface area contributed by atoms with E-state index in [9.17, 15) is 9.90 Å². The van der Waals surface area contributed by atoms with Crippen LogP contribution in [0, 0.1) is 0 Å². The van der Waals surface area contributed by atoms with Gasteiger partial charge in [-0.2, -0.15) is 0 Å². The normalized spacial score (nSPS) is 18.8. The minimum atomic E-state index is -1.17. The lowest BCUT2D eigenvalue weighted by molar-refractivity contribution is -0.122. The summed E-state index contributed by atoms with van der Waals surface area (Å²) in [5.41, 5.74) is 1.47. The number of aliphatic hydroxyl groups is 1. The van der Waals surface area contributed by atoms with Crippen molar-refractivity contribution in [2.75, 3.05) is 10.6 Å². The van der Waals surface area contributed by atoms with Gasteiger partial charge in [0.2, 0.25) is 6.23 Å². The van der Waals surface area contributed by atoms with Crippen LogP contribution in [0.5, 0.6) is 0 Å². The van der Waals surface area contributed by atoms with Gasteiger partial charge in [-0.1, -0.05) is 30.3 Å².